The van der Waals surface area contributed by atoms with E-state index in [-0.39, 0.29) is 0 Å². The number of benzene rings is 1. The highest BCUT2D eigenvalue weighted by atomic mass is 16.3. The van der Waals surface area contributed by atoms with E-state index in [4.69, 9.17) is 9.68 Å². The fourth-order valence-corrected chi connectivity index (χ4v) is 2.32. The Labute approximate surface area is 93.9 Å². The smallest absolute Gasteiger partial charge is 0.134 e. The van der Waals surface area contributed by atoms with Crippen molar-refractivity contribution in [2.75, 3.05) is 13.1 Å². The summed E-state index contributed by atoms with van der Waals surface area (Å²) in [6.07, 6.45) is 0.908. The fraction of sp³-hybridized carbons (Fsp3) is 0.308. The van der Waals surface area contributed by atoms with Crippen molar-refractivity contribution < 1.29 is 4.42 Å². The van der Waals surface area contributed by atoms with Crippen molar-refractivity contribution in [1.82, 2.24) is 4.90 Å². The van der Waals surface area contributed by atoms with Crippen LogP contribution in [0.15, 0.2) is 28.7 Å². The number of hydrogen-bond donors (Lipinski definition) is 0. The predicted octanol–water partition coefficient (Wildman–Crippen LogP) is 2.31. The van der Waals surface area contributed by atoms with E-state index in [1.807, 2.05) is 18.2 Å². The maximum atomic E-state index is 8.72. The van der Waals surface area contributed by atoms with Crippen molar-refractivity contribution in [2.45, 2.75) is 13.0 Å². The monoisotopic (exact) mass is 212 g/mol. The summed E-state index contributed by atoms with van der Waals surface area (Å²) >= 11 is 0. The van der Waals surface area contributed by atoms with Gasteiger partial charge in [-0.1, -0.05) is 18.2 Å². The summed E-state index contributed by atoms with van der Waals surface area (Å²) in [7, 11) is 0. The lowest BCUT2D eigenvalue weighted by molar-refractivity contribution is 0.272. The molecule has 80 valence electrons. The van der Waals surface area contributed by atoms with Gasteiger partial charge in [0.15, 0.2) is 0 Å². The third-order valence-corrected chi connectivity index (χ3v) is 3.11. The third kappa shape index (κ3) is 1.39. The molecule has 1 aliphatic heterocycles. The summed E-state index contributed by atoms with van der Waals surface area (Å²) in [5.74, 6) is 1.09. The van der Waals surface area contributed by atoms with E-state index in [1.54, 1.807) is 0 Å². The van der Waals surface area contributed by atoms with E-state index in [0.717, 1.165) is 30.9 Å². The molecule has 0 unspecified atom stereocenters. The summed E-state index contributed by atoms with van der Waals surface area (Å²) in [4.78, 5) is 2.16. The molecule has 0 spiro atoms. The standard InChI is InChI=1S/C13H12N2O/c14-6-8-15-7-5-13-11(9-15)10-3-1-2-4-12(10)16-13/h1-4H,5,7-9H2. The summed E-state index contributed by atoms with van der Waals surface area (Å²) < 4.78 is 5.81. The summed E-state index contributed by atoms with van der Waals surface area (Å²) in [5.41, 5.74) is 2.23. The van der Waals surface area contributed by atoms with Crippen LogP contribution in [0, 0.1) is 11.3 Å². The minimum atomic E-state index is 0.499. The molecule has 2 heterocycles. The molecule has 3 heteroatoms. The second kappa shape index (κ2) is 3.66. The van der Waals surface area contributed by atoms with Crippen LogP contribution < -0.4 is 0 Å². The molecule has 2 aromatic rings. The van der Waals surface area contributed by atoms with Crippen LogP contribution in [0.25, 0.3) is 11.0 Å². The Balaban J connectivity index is 2.05. The Morgan fingerprint density at radius 3 is 3.12 bits per heavy atom. The van der Waals surface area contributed by atoms with Crippen molar-refractivity contribution in [3.63, 3.8) is 0 Å². The van der Waals surface area contributed by atoms with Crippen molar-refractivity contribution >= 4 is 11.0 Å². The van der Waals surface area contributed by atoms with Gasteiger partial charge in [-0.2, -0.15) is 5.26 Å². The van der Waals surface area contributed by atoms with Gasteiger partial charge in [-0.3, -0.25) is 4.90 Å². The molecule has 0 aliphatic carbocycles. The van der Waals surface area contributed by atoms with Gasteiger partial charge in [0, 0.05) is 30.5 Å². The molecular formula is C13H12N2O. The van der Waals surface area contributed by atoms with Crippen molar-refractivity contribution in [3.8, 4) is 6.07 Å². The number of fused-ring (bicyclic) bond motifs is 3. The van der Waals surface area contributed by atoms with Gasteiger partial charge in [0.25, 0.3) is 0 Å². The molecule has 0 saturated heterocycles. The summed E-state index contributed by atoms with van der Waals surface area (Å²) in [6.45, 7) is 2.25. The maximum Gasteiger partial charge on any atom is 0.134 e. The van der Waals surface area contributed by atoms with Gasteiger partial charge >= 0.3 is 0 Å². The van der Waals surface area contributed by atoms with Gasteiger partial charge in [0.1, 0.15) is 11.3 Å². The zero-order valence-electron chi connectivity index (χ0n) is 8.94. The summed E-state index contributed by atoms with van der Waals surface area (Å²) in [6, 6.07) is 10.3. The Morgan fingerprint density at radius 1 is 1.38 bits per heavy atom. The van der Waals surface area contributed by atoms with E-state index in [9.17, 15) is 0 Å². The largest absolute Gasteiger partial charge is 0.461 e. The highest BCUT2D eigenvalue weighted by Crippen LogP contribution is 2.30. The Kier molecular flexibility index (Phi) is 2.16. The van der Waals surface area contributed by atoms with Crippen LogP contribution in [-0.4, -0.2) is 18.0 Å². The lowest BCUT2D eigenvalue weighted by Gasteiger charge is -2.23. The van der Waals surface area contributed by atoms with Crippen molar-refractivity contribution in [2.24, 2.45) is 0 Å². The van der Waals surface area contributed by atoms with E-state index in [2.05, 4.69) is 17.0 Å². The molecular weight excluding hydrogens is 200 g/mol. The first-order valence-electron chi connectivity index (χ1n) is 5.47. The van der Waals surface area contributed by atoms with Gasteiger partial charge < -0.3 is 4.42 Å². The van der Waals surface area contributed by atoms with Crippen LogP contribution in [0.4, 0.5) is 0 Å². The van der Waals surface area contributed by atoms with Gasteiger partial charge in [0.2, 0.25) is 0 Å². The molecule has 0 atom stereocenters. The van der Waals surface area contributed by atoms with Gasteiger partial charge in [-0.25, -0.2) is 0 Å². The molecule has 3 nitrogen and oxygen atoms in total. The normalized spacial score (nSPS) is 15.9. The lowest BCUT2D eigenvalue weighted by Crippen LogP contribution is -2.30. The lowest BCUT2D eigenvalue weighted by atomic mass is 10.0. The first-order chi connectivity index (χ1) is 7.88. The number of furan rings is 1. The van der Waals surface area contributed by atoms with Crippen LogP contribution in [0.3, 0.4) is 0 Å². The maximum absolute atomic E-state index is 8.72. The zero-order chi connectivity index (χ0) is 11.0. The summed E-state index contributed by atoms with van der Waals surface area (Å²) in [5, 5.41) is 9.91. The Bertz CT molecular complexity index is 565. The van der Waals surface area contributed by atoms with Gasteiger partial charge in [-0.05, 0) is 6.07 Å². The first kappa shape index (κ1) is 9.44. The van der Waals surface area contributed by atoms with Crippen molar-refractivity contribution in [1.29, 1.82) is 5.26 Å². The molecule has 0 bridgehead atoms. The van der Waals surface area contributed by atoms with Crippen molar-refractivity contribution in [3.05, 3.63) is 35.6 Å². The number of para-hydroxylation sites is 1. The second-order valence-corrected chi connectivity index (χ2v) is 4.12. The minimum Gasteiger partial charge on any atom is -0.461 e. The molecule has 0 amide bonds. The highest BCUT2D eigenvalue weighted by molar-refractivity contribution is 5.82. The number of nitrogens with zero attached hydrogens (tertiary/aromatic N) is 2. The molecule has 1 aliphatic rings. The molecule has 1 aromatic carbocycles. The van der Waals surface area contributed by atoms with E-state index >= 15 is 0 Å². The molecule has 1 aromatic heterocycles. The fourth-order valence-electron chi connectivity index (χ4n) is 2.32. The SMILES string of the molecule is N#CCN1CCc2oc3ccccc3c2C1. The van der Waals surface area contributed by atoms with Gasteiger partial charge in [0.05, 0.1) is 12.6 Å². The number of rotatable bonds is 1. The predicted molar refractivity (Wildman–Crippen MR) is 60.8 cm³/mol. The van der Waals surface area contributed by atoms with Crippen LogP contribution in [-0.2, 0) is 13.0 Å². The third-order valence-electron chi connectivity index (χ3n) is 3.11. The topological polar surface area (TPSA) is 40.2 Å². The quantitative estimate of drug-likeness (QED) is 0.681. The second-order valence-electron chi connectivity index (χ2n) is 4.12. The molecule has 16 heavy (non-hydrogen) atoms. The Hall–Kier alpha value is -1.79. The van der Waals surface area contributed by atoms with Crippen LogP contribution in [0.5, 0.6) is 0 Å². The average Bonchev–Trinajstić information content (AvgIpc) is 2.68. The molecule has 0 radical (unpaired) electrons. The average molecular weight is 212 g/mol. The molecule has 0 saturated carbocycles. The molecule has 3 rings (SSSR count). The van der Waals surface area contributed by atoms with Crippen LogP contribution in [0.2, 0.25) is 0 Å². The number of hydrogen-bond acceptors (Lipinski definition) is 3. The van der Waals surface area contributed by atoms with Crippen LogP contribution >= 0.6 is 0 Å². The first-order valence-corrected chi connectivity index (χ1v) is 5.47. The molecule has 0 N–H and O–H groups in total. The van der Waals surface area contributed by atoms with Crippen LogP contribution in [0.1, 0.15) is 11.3 Å². The van der Waals surface area contributed by atoms with E-state index in [0.29, 0.717) is 6.54 Å². The Morgan fingerprint density at radius 2 is 2.25 bits per heavy atom. The minimum absolute atomic E-state index is 0.499. The highest BCUT2D eigenvalue weighted by Gasteiger charge is 2.21. The number of nitriles is 1. The van der Waals surface area contributed by atoms with E-state index in [1.165, 1.54) is 10.9 Å². The molecule has 0 fully saturated rings. The van der Waals surface area contributed by atoms with Gasteiger partial charge in [-0.15, -0.1) is 0 Å². The zero-order valence-corrected chi connectivity index (χ0v) is 8.94. The van der Waals surface area contributed by atoms with E-state index < -0.39 is 0 Å².